The molecule has 212 valence electrons. The van der Waals surface area contributed by atoms with E-state index in [1.807, 2.05) is 41.8 Å². The van der Waals surface area contributed by atoms with Crippen LogP contribution in [0, 0.1) is 6.92 Å². The first-order valence-corrected chi connectivity index (χ1v) is 14.1. The molecule has 3 heterocycles. The van der Waals surface area contributed by atoms with Crippen LogP contribution in [0.1, 0.15) is 37.1 Å². The summed E-state index contributed by atoms with van der Waals surface area (Å²) in [6, 6.07) is 14.0. The summed E-state index contributed by atoms with van der Waals surface area (Å²) in [5.41, 5.74) is 3.14. The molecule has 40 heavy (non-hydrogen) atoms. The zero-order valence-corrected chi connectivity index (χ0v) is 23.9. The smallest absolute Gasteiger partial charge is 0.222 e. The average molecular weight is 545 g/mol. The quantitative estimate of drug-likeness (QED) is 0.253. The zero-order chi connectivity index (χ0) is 28.1. The van der Waals surface area contributed by atoms with Crippen molar-refractivity contribution in [2.75, 3.05) is 63.7 Å². The van der Waals surface area contributed by atoms with E-state index < -0.39 is 0 Å². The number of benzene rings is 2. The molecule has 0 spiro atoms. The summed E-state index contributed by atoms with van der Waals surface area (Å²) >= 11 is 0. The highest BCUT2D eigenvalue weighted by Crippen LogP contribution is 2.40. The van der Waals surface area contributed by atoms with Crippen LogP contribution in [-0.2, 0) is 0 Å². The lowest BCUT2D eigenvalue weighted by atomic mass is 10.0. The van der Waals surface area contributed by atoms with Gasteiger partial charge in [0.05, 0.1) is 20.3 Å². The van der Waals surface area contributed by atoms with Gasteiger partial charge in [-0.2, -0.15) is 0 Å². The van der Waals surface area contributed by atoms with Crippen molar-refractivity contribution in [1.29, 1.82) is 0 Å². The molecule has 0 bridgehead atoms. The van der Waals surface area contributed by atoms with Gasteiger partial charge in [-0.05, 0) is 62.2 Å². The molecule has 2 aromatic carbocycles. The molecule has 0 unspecified atom stereocenters. The molecule has 1 fully saturated rings. The normalized spacial score (nSPS) is 14.8. The van der Waals surface area contributed by atoms with Gasteiger partial charge in [-0.3, -0.25) is 0 Å². The number of nitrogens with one attached hydrogen (secondary N) is 1. The van der Waals surface area contributed by atoms with E-state index in [4.69, 9.17) is 9.47 Å². The number of likely N-dealkylation sites (N-methyl/N-ethyl adjacent to an activating group) is 1. The average Bonchev–Trinajstić information content (AvgIpc) is 3.33. The second-order valence-electron chi connectivity index (χ2n) is 10.2. The predicted octanol–water partition coefficient (Wildman–Crippen LogP) is 5.09. The van der Waals surface area contributed by atoms with E-state index in [2.05, 4.69) is 50.3 Å². The van der Waals surface area contributed by atoms with Crippen LogP contribution >= 0.6 is 0 Å². The number of nitrogens with zero attached hydrogens (tertiary/aromatic N) is 5. The van der Waals surface area contributed by atoms with E-state index >= 15 is 0 Å². The Morgan fingerprint density at radius 3 is 2.52 bits per heavy atom. The molecular weight excluding hydrogens is 504 g/mol. The van der Waals surface area contributed by atoms with E-state index in [-0.39, 0.29) is 11.9 Å². The molecule has 0 saturated carbocycles. The molecule has 4 aromatic rings. The van der Waals surface area contributed by atoms with Crippen LogP contribution in [0.2, 0.25) is 0 Å². The van der Waals surface area contributed by atoms with E-state index in [1.54, 1.807) is 20.4 Å². The molecule has 9 heteroatoms. The predicted molar refractivity (Wildman–Crippen MR) is 160 cm³/mol. The van der Waals surface area contributed by atoms with E-state index in [9.17, 15) is 5.11 Å². The van der Waals surface area contributed by atoms with Gasteiger partial charge < -0.3 is 34.3 Å². The molecule has 2 N–H and O–H groups in total. The first-order valence-electron chi connectivity index (χ1n) is 14.1. The maximum absolute atomic E-state index is 11.6. The Kier molecular flexibility index (Phi) is 8.60. The second-order valence-corrected chi connectivity index (χ2v) is 10.2. The lowest BCUT2D eigenvalue weighted by Gasteiger charge is -2.35. The number of aromatic hydroxyl groups is 1. The Morgan fingerprint density at radius 1 is 1.00 bits per heavy atom. The minimum absolute atomic E-state index is 0.114. The molecule has 9 nitrogen and oxygen atoms in total. The third-order valence-corrected chi connectivity index (χ3v) is 7.86. The SMILES string of the molecule is CCN1CCN(c2cccc3c(O)n([C@H](CCCNc4nccc(C)n4)c4ccc(OC)c(OC)c4)cc23)CC1. The minimum atomic E-state index is -0.114. The fourth-order valence-corrected chi connectivity index (χ4v) is 5.60. The van der Waals surface area contributed by atoms with Gasteiger partial charge in [-0.1, -0.05) is 19.1 Å². The van der Waals surface area contributed by atoms with Crippen molar-refractivity contribution in [3.8, 4) is 17.4 Å². The van der Waals surface area contributed by atoms with Crippen LogP contribution in [0.4, 0.5) is 11.6 Å². The zero-order valence-electron chi connectivity index (χ0n) is 23.9. The third-order valence-electron chi connectivity index (χ3n) is 7.86. The summed E-state index contributed by atoms with van der Waals surface area (Å²) in [5.74, 6) is 2.25. The standard InChI is InChI=1S/C31H40N6O3/c1-5-35-16-18-36(19-17-35)27-9-6-8-24-25(27)21-37(30(24)38)26(23-11-12-28(39-3)29(20-23)40-4)10-7-14-32-31-33-15-13-22(2)34-31/h6,8-9,11-13,15,20-21,26,38H,5,7,10,14,16-19H2,1-4H3,(H,32,33,34)/t26-/m1/s1. The van der Waals surface area contributed by atoms with Gasteiger partial charge in [-0.15, -0.1) is 0 Å². The number of hydrogen-bond donors (Lipinski definition) is 2. The van der Waals surface area contributed by atoms with Crippen LogP contribution in [0.25, 0.3) is 10.8 Å². The van der Waals surface area contributed by atoms with Gasteiger partial charge in [0.15, 0.2) is 17.4 Å². The molecule has 0 aliphatic carbocycles. The van der Waals surface area contributed by atoms with Crippen molar-refractivity contribution in [1.82, 2.24) is 19.4 Å². The largest absolute Gasteiger partial charge is 0.494 e. The van der Waals surface area contributed by atoms with Gasteiger partial charge in [0.2, 0.25) is 5.95 Å². The van der Waals surface area contributed by atoms with E-state index in [0.717, 1.165) is 67.6 Å². The van der Waals surface area contributed by atoms with Crippen molar-refractivity contribution in [2.45, 2.75) is 32.7 Å². The molecule has 2 aromatic heterocycles. The van der Waals surface area contributed by atoms with Gasteiger partial charge in [0.1, 0.15) is 0 Å². The second kappa shape index (κ2) is 12.5. The Bertz CT molecular complexity index is 1430. The minimum Gasteiger partial charge on any atom is -0.494 e. The van der Waals surface area contributed by atoms with Crippen molar-refractivity contribution in [3.63, 3.8) is 0 Å². The van der Waals surface area contributed by atoms with E-state index in [0.29, 0.717) is 24.0 Å². The molecule has 1 aliphatic heterocycles. The van der Waals surface area contributed by atoms with Gasteiger partial charge in [0.25, 0.3) is 0 Å². The summed E-state index contributed by atoms with van der Waals surface area (Å²) in [7, 11) is 3.29. The number of methoxy groups -OCH3 is 2. The van der Waals surface area contributed by atoms with Crippen molar-refractivity contribution < 1.29 is 14.6 Å². The molecular formula is C31H40N6O3. The van der Waals surface area contributed by atoms with Gasteiger partial charge in [0, 0.05) is 67.3 Å². The van der Waals surface area contributed by atoms with Crippen molar-refractivity contribution in [2.24, 2.45) is 0 Å². The first-order chi connectivity index (χ1) is 19.5. The number of anilines is 2. The number of aromatic nitrogens is 3. The summed E-state index contributed by atoms with van der Waals surface area (Å²) in [4.78, 5) is 13.7. The summed E-state index contributed by atoms with van der Waals surface area (Å²) < 4.78 is 13.1. The van der Waals surface area contributed by atoms with Crippen LogP contribution in [0.5, 0.6) is 17.4 Å². The summed E-state index contributed by atoms with van der Waals surface area (Å²) in [5, 5.41) is 16.8. The Hall–Kier alpha value is -3.98. The summed E-state index contributed by atoms with van der Waals surface area (Å²) in [6.07, 6.45) is 5.51. The van der Waals surface area contributed by atoms with Gasteiger partial charge in [-0.25, -0.2) is 9.97 Å². The highest BCUT2D eigenvalue weighted by Gasteiger charge is 2.24. The van der Waals surface area contributed by atoms with Crippen LogP contribution in [0.15, 0.2) is 54.9 Å². The van der Waals surface area contributed by atoms with Crippen LogP contribution in [0.3, 0.4) is 0 Å². The Labute approximate surface area is 236 Å². The Morgan fingerprint density at radius 2 is 1.80 bits per heavy atom. The molecule has 0 amide bonds. The highest BCUT2D eigenvalue weighted by molar-refractivity contribution is 5.98. The maximum atomic E-state index is 11.6. The van der Waals surface area contributed by atoms with E-state index in [1.165, 1.54) is 5.69 Å². The maximum Gasteiger partial charge on any atom is 0.222 e. The van der Waals surface area contributed by atoms with Crippen molar-refractivity contribution >= 4 is 22.4 Å². The number of aryl methyl sites for hydroxylation is 1. The van der Waals surface area contributed by atoms with Crippen molar-refractivity contribution in [3.05, 3.63) is 66.1 Å². The topological polar surface area (TPSA) is 87.9 Å². The van der Waals surface area contributed by atoms with Gasteiger partial charge >= 0.3 is 0 Å². The highest BCUT2D eigenvalue weighted by atomic mass is 16.5. The van der Waals surface area contributed by atoms with Crippen LogP contribution in [-0.4, -0.2) is 78.0 Å². The number of piperazine rings is 1. The molecule has 1 atom stereocenters. The molecule has 0 radical (unpaired) electrons. The lowest BCUT2D eigenvalue weighted by Crippen LogP contribution is -2.46. The fourth-order valence-electron chi connectivity index (χ4n) is 5.60. The fraction of sp³-hybridized carbons (Fsp3) is 0.419. The number of ether oxygens (including phenoxy) is 2. The first kappa shape index (κ1) is 27.6. The molecule has 5 rings (SSSR count). The molecule has 1 saturated heterocycles. The number of rotatable bonds is 11. The monoisotopic (exact) mass is 544 g/mol. The molecule has 1 aliphatic rings. The lowest BCUT2D eigenvalue weighted by molar-refractivity contribution is 0.271. The summed E-state index contributed by atoms with van der Waals surface area (Å²) in [6.45, 7) is 10.0. The Balaban J connectivity index is 1.46. The third kappa shape index (κ3) is 5.79. The number of fused-ring (bicyclic) bond motifs is 1. The number of hydrogen-bond acceptors (Lipinski definition) is 8. The van der Waals surface area contributed by atoms with Crippen LogP contribution < -0.4 is 19.7 Å².